The first kappa shape index (κ1) is 21.1. The van der Waals surface area contributed by atoms with Crippen LogP contribution in [0.2, 0.25) is 0 Å². The minimum atomic E-state index is -0.913. The number of carbonyl (C=O) groups is 2. The number of nitroso groups, excluding NO2 is 1. The van der Waals surface area contributed by atoms with E-state index in [0.29, 0.717) is 28.3 Å². The van der Waals surface area contributed by atoms with Crippen LogP contribution < -0.4 is 5.10 Å². The molecule has 0 fully saturated rings. The number of Topliss-reactive ketones (excluding diaryl/α,β-unsaturated/α-hetero) is 1. The molecule has 0 aliphatic carbocycles. The number of carbonyl (C=O) groups excluding carboxylic acids is 1. The van der Waals surface area contributed by atoms with E-state index in [1.807, 2.05) is 30.3 Å². The maximum Gasteiger partial charge on any atom is 0.314 e. The summed E-state index contributed by atoms with van der Waals surface area (Å²) in [5.74, 6) is -1.10. The van der Waals surface area contributed by atoms with Crippen LogP contribution in [-0.2, 0) is 11.2 Å². The highest BCUT2D eigenvalue weighted by molar-refractivity contribution is 8.14. The molecule has 8 nitrogen and oxygen atoms in total. The highest BCUT2D eigenvalue weighted by Crippen LogP contribution is 2.22. The van der Waals surface area contributed by atoms with E-state index in [1.165, 1.54) is 6.07 Å². The largest absolute Gasteiger partial charge is 0.870 e. The molecule has 0 unspecified atom stereocenters. The van der Waals surface area contributed by atoms with Crippen molar-refractivity contribution in [2.75, 3.05) is 5.75 Å². The summed E-state index contributed by atoms with van der Waals surface area (Å²) in [6.45, 7) is 0. The zero-order valence-electron chi connectivity index (χ0n) is 14.7. The van der Waals surface area contributed by atoms with Crippen molar-refractivity contribution >= 4 is 40.0 Å². The van der Waals surface area contributed by atoms with Gasteiger partial charge in [-0.05, 0) is 45.8 Å². The van der Waals surface area contributed by atoms with E-state index in [1.54, 1.807) is 12.1 Å². The van der Waals surface area contributed by atoms with Crippen LogP contribution in [0, 0.1) is 4.91 Å². The molecule has 0 radical (unpaired) electrons. The molecule has 3 rings (SSSR count). The molecule has 0 saturated heterocycles. The number of benzene rings is 2. The van der Waals surface area contributed by atoms with Gasteiger partial charge in [0, 0.05) is 17.5 Å². The molecule has 1 aliphatic heterocycles. The minimum absolute atomic E-state index is 0. The van der Waals surface area contributed by atoms with Crippen molar-refractivity contribution in [3.8, 4) is 0 Å². The van der Waals surface area contributed by atoms with Crippen LogP contribution in [0.1, 0.15) is 27.9 Å². The molecule has 1 aliphatic rings. The molecule has 0 amide bonds. The van der Waals surface area contributed by atoms with Gasteiger partial charge in [0.1, 0.15) is 17.2 Å². The van der Waals surface area contributed by atoms with E-state index in [4.69, 9.17) is 5.11 Å². The number of rotatable bonds is 7. The van der Waals surface area contributed by atoms with E-state index in [0.717, 1.165) is 17.3 Å². The van der Waals surface area contributed by atoms with Gasteiger partial charge in [-0.15, -0.1) is 4.91 Å². The number of carboxylic acids is 1. The van der Waals surface area contributed by atoms with Crippen LogP contribution in [0.3, 0.4) is 0 Å². The summed E-state index contributed by atoms with van der Waals surface area (Å²) in [5.41, 5.74) is 2.66. The van der Waals surface area contributed by atoms with Gasteiger partial charge < -0.3 is 10.6 Å². The fourth-order valence-corrected chi connectivity index (χ4v) is 3.28. The molecule has 144 valence electrons. The number of hydrogen-bond acceptors (Lipinski definition) is 7. The van der Waals surface area contributed by atoms with Crippen LogP contribution in [-0.4, -0.2) is 38.8 Å². The second-order valence-electron chi connectivity index (χ2n) is 5.90. The Morgan fingerprint density at radius 3 is 2.61 bits per heavy atom. The molecule has 1 heterocycles. The predicted octanol–water partition coefficient (Wildman–Crippen LogP) is 1.74. The summed E-state index contributed by atoms with van der Waals surface area (Å²) in [4.78, 5) is 34.4. The first-order chi connectivity index (χ1) is 13.0. The molecule has 0 spiro atoms. The van der Waals surface area contributed by atoms with Gasteiger partial charge in [0.2, 0.25) is 5.04 Å². The summed E-state index contributed by atoms with van der Waals surface area (Å²) < 4.78 is 0. The predicted molar refractivity (Wildman–Crippen MR) is 106 cm³/mol. The number of hydrogen-bond donors (Lipinski definition) is 2. The molecule has 0 saturated carbocycles. The number of nitrogens with one attached hydrogen (secondary N) is 1. The molecule has 0 bridgehead atoms. The van der Waals surface area contributed by atoms with E-state index < -0.39 is 5.97 Å². The number of carboxylic acid groups (broad SMARTS) is 1. The smallest absolute Gasteiger partial charge is 0.314 e. The van der Waals surface area contributed by atoms with E-state index in [-0.39, 0.29) is 29.1 Å². The normalized spacial score (nSPS) is 12.6. The Morgan fingerprint density at radius 2 is 1.93 bits per heavy atom. The Hall–Kier alpha value is -3.17. The molecular weight excluding hydrogens is 382 g/mol. The lowest BCUT2D eigenvalue weighted by Crippen LogP contribution is -2.62. The van der Waals surface area contributed by atoms with Crippen molar-refractivity contribution in [2.24, 2.45) is 10.3 Å². The maximum atomic E-state index is 12.6. The van der Waals surface area contributed by atoms with Gasteiger partial charge in [0.25, 0.3) is 0 Å². The molecule has 0 aromatic heterocycles. The topological polar surface area (TPSA) is 140 Å². The summed E-state index contributed by atoms with van der Waals surface area (Å²) in [6.07, 6.45) is 0.631. The monoisotopic (exact) mass is 399 g/mol. The lowest BCUT2D eigenvalue weighted by atomic mass is 9.98. The van der Waals surface area contributed by atoms with Gasteiger partial charge in [-0.1, -0.05) is 35.4 Å². The van der Waals surface area contributed by atoms with Crippen molar-refractivity contribution in [2.45, 2.75) is 12.8 Å². The van der Waals surface area contributed by atoms with Gasteiger partial charge in [-0.2, -0.15) is 0 Å². The van der Waals surface area contributed by atoms with Crippen LogP contribution in [0.25, 0.3) is 0 Å². The van der Waals surface area contributed by atoms with Gasteiger partial charge >= 0.3 is 5.97 Å². The standard InChI is InChI=1S/C19H15N3O4S.H2O/c23-17(6-12-4-2-1-3-5-12)14-7-13(8-15(9-14)22-26)16-10-18(21-20-16)27-11-19(24)25;/h1-5,7-9H,6,10-11H2,(H,24,25);1H2. The fraction of sp³-hybridized carbons (Fsp3) is 0.158. The minimum Gasteiger partial charge on any atom is -0.870 e. The first-order valence-corrected chi connectivity index (χ1v) is 9.12. The Kier molecular flexibility index (Phi) is 7.30. The SMILES string of the molecule is O=Nc1cc(C(=O)Cc2ccccc2)cc(C2=N[NH+]=C(SCC(=O)O)C2)c1.[OH-]. The zero-order chi connectivity index (χ0) is 19.2. The van der Waals surface area contributed by atoms with Crippen molar-refractivity contribution in [3.63, 3.8) is 0 Å². The quantitative estimate of drug-likeness (QED) is 0.537. The third kappa shape index (κ3) is 5.41. The Balaban J connectivity index is 0.00000280. The van der Waals surface area contributed by atoms with Crippen LogP contribution in [0.4, 0.5) is 5.69 Å². The number of hydrazone groups is 1. The lowest BCUT2D eigenvalue weighted by Gasteiger charge is -2.05. The van der Waals surface area contributed by atoms with Gasteiger partial charge in [0.15, 0.2) is 5.78 Å². The van der Waals surface area contributed by atoms with Gasteiger partial charge in [-0.25, -0.2) is 0 Å². The van der Waals surface area contributed by atoms with E-state index >= 15 is 0 Å². The molecule has 0 atom stereocenters. The van der Waals surface area contributed by atoms with Crippen molar-refractivity contribution < 1.29 is 25.3 Å². The second kappa shape index (κ2) is 9.67. The summed E-state index contributed by atoms with van der Waals surface area (Å²) >= 11 is 1.15. The maximum absolute atomic E-state index is 12.6. The van der Waals surface area contributed by atoms with Gasteiger partial charge in [0.05, 0.1) is 6.42 Å². The molecular formula is C19H17N3O5S. The zero-order valence-corrected chi connectivity index (χ0v) is 15.5. The van der Waals surface area contributed by atoms with Crippen LogP contribution >= 0.6 is 11.8 Å². The van der Waals surface area contributed by atoms with Crippen molar-refractivity contribution in [3.05, 3.63) is 70.1 Å². The van der Waals surface area contributed by atoms with Crippen molar-refractivity contribution in [1.29, 1.82) is 0 Å². The summed E-state index contributed by atoms with van der Waals surface area (Å²) in [7, 11) is 0. The van der Waals surface area contributed by atoms with E-state index in [2.05, 4.69) is 15.4 Å². The highest BCUT2D eigenvalue weighted by atomic mass is 32.2. The molecule has 28 heavy (non-hydrogen) atoms. The number of ketones is 1. The number of aliphatic carboxylic acids is 1. The highest BCUT2D eigenvalue weighted by Gasteiger charge is 2.23. The fourth-order valence-electron chi connectivity index (χ4n) is 2.63. The van der Waals surface area contributed by atoms with Gasteiger partial charge in [-0.3, -0.25) is 9.59 Å². The van der Waals surface area contributed by atoms with E-state index in [9.17, 15) is 14.5 Å². The molecule has 9 heteroatoms. The Labute approximate surface area is 164 Å². The number of thioether (sulfide) groups is 1. The molecule has 3 N–H and O–H groups in total. The lowest BCUT2D eigenvalue weighted by molar-refractivity contribution is -0.455. The Morgan fingerprint density at radius 1 is 1.18 bits per heavy atom. The second-order valence-corrected chi connectivity index (χ2v) is 6.97. The summed E-state index contributed by atoms with van der Waals surface area (Å²) in [5, 5.41) is 19.4. The average Bonchev–Trinajstić information content (AvgIpc) is 3.16. The van der Waals surface area contributed by atoms with Crippen LogP contribution in [0.5, 0.6) is 0 Å². The average molecular weight is 399 g/mol. The third-order valence-electron chi connectivity index (χ3n) is 3.90. The van der Waals surface area contributed by atoms with Crippen LogP contribution in [0.15, 0.2) is 58.8 Å². The number of nitrogens with zero attached hydrogens (tertiary/aromatic N) is 2. The Bertz CT molecular complexity index is 957. The molecule has 2 aromatic rings. The van der Waals surface area contributed by atoms with Crippen molar-refractivity contribution in [1.82, 2.24) is 0 Å². The molecule has 2 aromatic carbocycles. The summed E-state index contributed by atoms with van der Waals surface area (Å²) in [6, 6.07) is 14.1. The first-order valence-electron chi connectivity index (χ1n) is 8.14. The third-order valence-corrected chi connectivity index (χ3v) is 4.87.